The third kappa shape index (κ3) is 4.36. The standard InChI is InChI=1S/C31H48O4/c1-29-16-13-21(32)18-26(29)27(33)19-23-24-11-12-28(30(24,2)17-14-25(23)29)31(3,34)15-5-6-20-7-9-22(35-4)10-8-20/h7-10,21,23-28,32-34H,5-6,11-19H2,1-4H3/t21-,23-,24-,25-,26?,27-,28-,29+,30-,31-/m0/s1. The quantitative estimate of drug-likeness (QED) is 0.480. The van der Waals surface area contributed by atoms with Crippen LogP contribution < -0.4 is 4.74 Å². The maximum Gasteiger partial charge on any atom is 0.118 e. The van der Waals surface area contributed by atoms with Crippen LogP contribution in [-0.2, 0) is 6.42 Å². The molecule has 196 valence electrons. The molecular formula is C31H48O4. The SMILES string of the molecule is COc1ccc(CCC[C@](C)(O)[C@H]2CC[C@H]3[C@@H]4C[C@H](O)C5C[C@@H](O)CC[C@]5(C)[C@H]4CC[C@@]32C)cc1. The molecule has 1 aromatic carbocycles. The Morgan fingerprint density at radius 1 is 0.914 bits per heavy atom. The number of ether oxygens (including phenoxy) is 1. The Morgan fingerprint density at radius 3 is 2.31 bits per heavy atom. The smallest absolute Gasteiger partial charge is 0.118 e. The summed E-state index contributed by atoms with van der Waals surface area (Å²) in [5, 5.41) is 33.4. The monoisotopic (exact) mass is 484 g/mol. The first-order valence-corrected chi connectivity index (χ1v) is 14.3. The Labute approximate surface area is 212 Å². The molecule has 4 saturated carbocycles. The van der Waals surface area contributed by atoms with Crippen LogP contribution in [0.3, 0.4) is 0 Å². The maximum atomic E-state index is 11.8. The lowest BCUT2D eigenvalue weighted by atomic mass is 9.43. The number of aliphatic hydroxyl groups is 3. The molecule has 4 fully saturated rings. The fourth-order valence-corrected chi connectivity index (χ4v) is 9.92. The van der Waals surface area contributed by atoms with Gasteiger partial charge in [0.15, 0.2) is 0 Å². The maximum absolute atomic E-state index is 11.8. The van der Waals surface area contributed by atoms with E-state index in [0.29, 0.717) is 23.7 Å². The van der Waals surface area contributed by atoms with Gasteiger partial charge in [-0.25, -0.2) is 0 Å². The number of aliphatic hydroxyl groups excluding tert-OH is 2. The fourth-order valence-electron chi connectivity index (χ4n) is 9.92. The first-order chi connectivity index (χ1) is 16.6. The second-order valence-corrected chi connectivity index (χ2v) is 13.5. The first-order valence-electron chi connectivity index (χ1n) is 14.3. The molecule has 4 nitrogen and oxygen atoms in total. The van der Waals surface area contributed by atoms with E-state index in [-0.39, 0.29) is 29.0 Å². The summed E-state index contributed by atoms with van der Waals surface area (Å²) < 4.78 is 5.27. The second kappa shape index (κ2) is 9.33. The number of methoxy groups -OCH3 is 1. The van der Waals surface area contributed by atoms with Crippen LogP contribution in [0.1, 0.15) is 90.5 Å². The lowest BCUT2D eigenvalue weighted by molar-refractivity contribution is -0.179. The summed E-state index contributed by atoms with van der Waals surface area (Å²) in [6.45, 7) is 6.99. The van der Waals surface area contributed by atoms with Gasteiger partial charge in [0.1, 0.15) is 5.75 Å². The van der Waals surface area contributed by atoms with Gasteiger partial charge in [-0.3, -0.25) is 0 Å². The van der Waals surface area contributed by atoms with Crippen LogP contribution in [-0.4, -0.2) is 40.2 Å². The van der Waals surface area contributed by atoms with Crippen molar-refractivity contribution in [3.05, 3.63) is 29.8 Å². The van der Waals surface area contributed by atoms with Gasteiger partial charge < -0.3 is 20.1 Å². The minimum atomic E-state index is -0.655. The molecule has 5 rings (SSSR count). The fraction of sp³-hybridized carbons (Fsp3) is 0.806. The van der Waals surface area contributed by atoms with Crippen molar-refractivity contribution >= 4 is 0 Å². The van der Waals surface area contributed by atoms with Crippen LogP contribution in [0, 0.1) is 40.4 Å². The number of hydrogen-bond acceptors (Lipinski definition) is 4. The van der Waals surface area contributed by atoms with Crippen LogP contribution in [0.4, 0.5) is 0 Å². The molecule has 0 aromatic heterocycles. The number of benzene rings is 1. The topological polar surface area (TPSA) is 69.9 Å². The Balaban J connectivity index is 1.27. The Morgan fingerprint density at radius 2 is 1.60 bits per heavy atom. The van der Waals surface area contributed by atoms with E-state index >= 15 is 0 Å². The van der Waals surface area contributed by atoms with Crippen LogP contribution in [0.2, 0.25) is 0 Å². The Kier molecular flexibility index (Phi) is 6.81. The summed E-state index contributed by atoms with van der Waals surface area (Å²) in [7, 11) is 1.70. The van der Waals surface area contributed by atoms with Crippen molar-refractivity contribution in [2.45, 2.75) is 109 Å². The number of aryl methyl sites for hydroxylation is 1. The van der Waals surface area contributed by atoms with E-state index < -0.39 is 5.60 Å². The predicted molar refractivity (Wildman–Crippen MR) is 139 cm³/mol. The van der Waals surface area contributed by atoms with E-state index in [1.54, 1.807) is 7.11 Å². The third-order valence-electron chi connectivity index (χ3n) is 11.7. The molecule has 10 atom stereocenters. The molecule has 0 bridgehead atoms. The lowest BCUT2D eigenvalue weighted by Gasteiger charge is -2.62. The minimum Gasteiger partial charge on any atom is -0.497 e. The zero-order valence-electron chi connectivity index (χ0n) is 22.4. The average molecular weight is 485 g/mol. The largest absolute Gasteiger partial charge is 0.497 e. The summed E-state index contributed by atoms with van der Waals surface area (Å²) in [6, 6.07) is 8.30. The van der Waals surface area contributed by atoms with Crippen LogP contribution >= 0.6 is 0 Å². The Hall–Kier alpha value is -1.10. The molecule has 3 N–H and O–H groups in total. The number of hydrogen-bond donors (Lipinski definition) is 3. The molecule has 0 amide bonds. The van der Waals surface area contributed by atoms with E-state index in [1.165, 1.54) is 24.8 Å². The van der Waals surface area contributed by atoms with E-state index in [1.807, 2.05) is 12.1 Å². The zero-order valence-corrected chi connectivity index (χ0v) is 22.4. The van der Waals surface area contributed by atoms with Gasteiger partial charge in [-0.05, 0) is 136 Å². The van der Waals surface area contributed by atoms with Crippen molar-refractivity contribution < 1.29 is 20.1 Å². The minimum absolute atomic E-state index is 0.155. The highest BCUT2D eigenvalue weighted by molar-refractivity contribution is 5.27. The van der Waals surface area contributed by atoms with Crippen molar-refractivity contribution in [3.63, 3.8) is 0 Å². The van der Waals surface area contributed by atoms with Crippen molar-refractivity contribution in [1.29, 1.82) is 0 Å². The predicted octanol–water partition coefficient (Wildman–Crippen LogP) is 5.76. The molecule has 0 saturated heterocycles. The van der Waals surface area contributed by atoms with Crippen LogP contribution in [0.25, 0.3) is 0 Å². The van der Waals surface area contributed by atoms with Crippen molar-refractivity contribution in [2.24, 2.45) is 40.4 Å². The van der Waals surface area contributed by atoms with Gasteiger partial charge >= 0.3 is 0 Å². The third-order valence-corrected chi connectivity index (χ3v) is 11.7. The average Bonchev–Trinajstić information content (AvgIpc) is 3.19. The van der Waals surface area contributed by atoms with Crippen molar-refractivity contribution in [2.75, 3.05) is 7.11 Å². The lowest BCUT2D eigenvalue weighted by Crippen LogP contribution is -2.59. The molecule has 1 unspecified atom stereocenters. The summed E-state index contributed by atoms with van der Waals surface area (Å²) in [6.07, 6.45) is 10.6. The molecule has 4 aliphatic carbocycles. The van der Waals surface area contributed by atoms with Gasteiger partial charge in [-0.2, -0.15) is 0 Å². The van der Waals surface area contributed by atoms with Gasteiger partial charge in [-0.1, -0.05) is 26.0 Å². The van der Waals surface area contributed by atoms with Gasteiger partial charge in [0.25, 0.3) is 0 Å². The van der Waals surface area contributed by atoms with Crippen molar-refractivity contribution in [1.82, 2.24) is 0 Å². The molecule has 0 aliphatic heterocycles. The normalized spacial score (nSPS) is 44.6. The number of fused-ring (bicyclic) bond motifs is 5. The molecule has 1 aromatic rings. The second-order valence-electron chi connectivity index (χ2n) is 13.5. The highest BCUT2D eigenvalue weighted by atomic mass is 16.5. The number of rotatable bonds is 6. The van der Waals surface area contributed by atoms with Gasteiger partial charge in [0.2, 0.25) is 0 Å². The molecule has 0 heterocycles. The summed E-state index contributed by atoms with van der Waals surface area (Å²) >= 11 is 0. The van der Waals surface area contributed by atoms with E-state index in [9.17, 15) is 15.3 Å². The molecule has 35 heavy (non-hydrogen) atoms. The van der Waals surface area contributed by atoms with Crippen LogP contribution in [0.15, 0.2) is 24.3 Å². The van der Waals surface area contributed by atoms with Gasteiger partial charge in [0.05, 0.1) is 24.9 Å². The van der Waals surface area contributed by atoms with Gasteiger partial charge in [-0.15, -0.1) is 0 Å². The first kappa shape index (κ1) is 25.5. The summed E-state index contributed by atoms with van der Waals surface area (Å²) in [5.41, 5.74) is 0.954. The van der Waals surface area contributed by atoms with E-state index in [2.05, 4.69) is 32.9 Å². The van der Waals surface area contributed by atoms with Gasteiger partial charge in [0, 0.05) is 0 Å². The highest BCUT2D eigenvalue weighted by Gasteiger charge is 2.63. The summed E-state index contributed by atoms with van der Waals surface area (Å²) in [5.74, 6) is 3.26. The van der Waals surface area contributed by atoms with E-state index in [4.69, 9.17) is 4.74 Å². The summed E-state index contributed by atoms with van der Waals surface area (Å²) in [4.78, 5) is 0. The van der Waals surface area contributed by atoms with Crippen LogP contribution in [0.5, 0.6) is 5.75 Å². The zero-order chi connectivity index (χ0) is 25.0. The molecule has 0 radical (unpaired) electrons. The van der Waals surface area contributed by atoms with Crippen molar-refractivity contribution in [3.8, 4) is 5.75 Å². The molecular weight excluding hydrogens is 436 g/mol. The molecule has 4 aliphatic rings. The molecule has 4 heteroatoms. The molecule has 0 spiro atoms. The highest BCUT2D eigenvalue weighted by Crippen LogP contribution is 2.68. The Bertz CT molecular complexity index is 880. The van der Waals surface area contributed by atoms with E-state index in [0.717, 1.165) is 57.1 Å².